The number of hydrogen-bond donors (Lipinski definition) is 0. The molecule has 0 radical (unpaired) electrons. The highest BCUT2D eigenvalue weighted by atomic mass is 16.2. The molecule has 2 unspecified atom stereocenters. The molecule has 2 amide bonds. The van der Waals surface area contributed by atoms with E-state index in [1.807, 2.05) is 6.19 Å². The van der Waals surface area contributed by atoms with Crippen molar-refractivity contribution >= 4 is 6.03 Å². The Labute approximate surface area is 96.2 Å². The molecule has 0 aromatic rings. The van der Waals surface area contributed by atoms with Crippen LogP contribution in [0.5, 0.6) is 0 Å². The van der Waals surface area contributed by atoms with Crippen LogP contribution < -0.4 is 0 Å². The molecule has 0 aromatic heterocycles. The summed E-state index contributed by atoms with van der Waals surface area (Å²) in [7, 11) is 3.92. The lowest BCUT2D eigenvalue weighted by Crippen LogP contribution is -2.44. The minimum Gasteiger partial charge on any atom is -0.322 e. The number of amides is 2. The van der Waals surface area contributed by atoms with Crippen molar-refractivity contribution in [2.45, 2.75) is 18.9 Å². The second-order valence-electron chi connectivity index (χ2n) is 4.84. The van der Waals surface area contributed by atoms with E-state index in [9.17, 15) is 4.79 Å². The highest BCUT2D eigenvalue weighted by Crippen LogP contribution is 2.26. The summed E-state index contributed by atoms with van der Waals surface area (Å²) in [5.41, 5.74) is 0. The first-order valence-corrected chi connectivity index (χ1v) is 5.76. The minimum atomic E-state index is -0.152. The average Bonchev–Trinajstić information content (AvgIpc) is 2.56. The van der Waals surface area contributed by atoms with Crippen molar-refractivity contribution in [1.82, 2.24) is 14.7 Å². The van der Waals surface area contributed by atoms with Crippen molar-refractivity contribution in [2.75, 3.05) is 33.7 Å². The van der Waals surface area contributed by atoms with E-state index in [1.165, 1.54) is 11.3 Å². The van der Waals surface area contributed by atoms with E-state index in [0.717, 1.165) is 19.5 Å². The maximum Gasteiger partial charge on any atom is 0.333 e. The van der Waals surface area contributed by atoms with Gasteiger partial charge in [0.25, 0.3) is 0 Å². The fraction of sp³-hybridized carbons (Fsp3) is 0.818. The van der Waals surface area contributed by atoms with Crippen molar-refractivity contribution in [1.29, 1.82) is 5.26 Å². The van der Waals surface area contributed by atoms with Crippen molar-refractivity contribution in [3.63, 3.8) is 0 Å². The summed E-state index contributed by atoms with van der Waals surface area (Å²) in [6, 6.07) is 0.0515. The molecule has 2 aliphatic heterocycles. The van der Waals surface area contributed by atoms with Gasteiger partial charge in [0.15, 0.2) is 6.19 Å². The van der Waals surface area contributed by atoms with Gasteiger partial charge in [0.2, 0.25) is 0 Å². The molecule has 2 heterocycles. The topological polar surface area (TPSA) is 50.6 Å². The number of likely N-dealkylation sites (N-methyl/N-ethyl adjacent to an activating group) is 1. The molecule has 0 aromatic carbocycles. The standard InChI is InChI=1S/C11H18N4O/c1-13-5-3-4-9(6-13)10-7-15(8-12)11(16)14(10)2/h9-10H,3-7H2,1-2H3. The Balaban J connectivity index is 2.05. The van der Waals surface area contributed by atoms with E-state index < -0.39 is 0 Å². The number of nitriles is 1. The Morgan fingerprint density at radius 2 is 2.12 bits per heavy atom. The Hall–Kier alpha value is -1.28. The largest absolute Gasteiger partial charge is 0.333 e. The van der Waals surface area contributed by atoms with Gasteiger partial charge in [-0.2, -0.15) is 5.26 Å². The first-order valence-electron chi connectivity index (χ1n) is 5.76. The smallest absolute Gasteiger partial charge is 0.322 e. The molecule has 2 fully saturated rings. The van der Waals surface area contributed by atoms with Gasteiger partial charge in [0.1, 0.15) is 0 Å². The lowest BCUT2D eigenvalue weighted by atomic mass is 9.90. The SMILES string of the molecule is CN1CCCC(C2CN(C#N)C(=O)N2C)C1. The number of carbonyl (C=O) groups is 1. The number of piperidine rings is 1. The monoisotopic (exact) mass is 222 g/mol. The van der Waals surface area contributed by atoms with E-state index in [2.05, 4.69) is 11.9 Å². The Kier molecular flexibility index (Phi) is 3.01. The first kappa shape index (κ1) is 11.2. The molecule has 2 atom stereocenters. The maximum absolute atomic E-state index is 11.7. The van der Waals surface area contributed by atoms with Gasteiger partial charge in [0.05, 0.1) is 12.6 Å². The van der Waals surface area contributed by atoms with Gasteiger partial charge < -0.3 is 9.80 Å². The summed E-state index contributed by atoms with van der Waals surface area (Å²) in [4.78, 5) is 17.0. The average molecular weight is 222 g/mol. The van der Waals surface area contributed by atoms with Crippen LogP contribution >= 0.6 is 0 Å². The van der Waals surface area contributed by atoms with Crippen LogP contribution in [-0.2, 0) is 0 Å². The van der Waals surface area contributed by atoms with E-state index in [4.69, 9.17) is 5.26 Å². The molecule has 5 nitrogen and oxygen atoms in total. The molecule has 0 N–H and O–H groups in total. The van der Waals surface area contributed by atoms with Gasteiger partial charge in [-0.1, -0.05) is 0 Å². The summed E-state index contributed by atoms with van der Waals surface area (Å²) in [5, 5.41) is 8.84. The highest BCUT2D eigenvalue weighted by molar-refractivity contribution is 5.78. The van der Waals surface area contributed by atoms with Crippen molar-refractivity contribution in [3.8, 4) is 6.19 Å². The predicted molar refractivity (Wildman–Crippen MR) is 59.5 cm³/mol. The third-order valence-electron chi connectivity index (χ3n) is 3.73. The summed E-state index contributed by atoms with van der Waals surface area (Å²) in [6.07, 6.45) is 4.30. The molecule has 2 rings (SSSR count). The first-order chi connectivity index (χ1) is 7.63. The lowest BCUT2D eigenvalue weighted by Gasteiger charge is -2.35. The molecule has 2 saturated heterocycles. The molecular weight excluding hydrogens is 204 g/mol. The quantitative estimate of drug-likeness (QED) is 0.609. The fourth-order valence-electron chi connectivity index (χ4n) is 2.79. The van der Waals surface area contributed by atoms with Crippen LogP contribution in [0.2, 0.25) is 0 Å². The maximum atomic E-state index is 11.7. The third kappa shape index (κ3) is 1.85. The molecule has 0 spiro atoms. The highest BCUT2D eigenvalue weighted by Gasteiger charge is 2.40. The number of hydrogen-bond acceptors (Lipinski definition) is 3. The molecular formula is C11H18N4O. The van der Waals surface area contributed by atoms with Crippen LogP contribution in [0.15, 0.2) is 0 Å². The summed E-state index contributed by atoms with van der Waals surface area (Å²) in [5.74, 6) is 0.506. The van der Waals surface area contributed by atoms with Gasteiger partial charge in [-0.15, -0.1) is 0 Å². The zero-order chi connectivity index (χ0) is 11.7. The molecule has 2 aliphatic rings. The Bertz CT molecular complexity index is 324. The van der Waals surface area contributed by atoms with Crippen LogP contribution in [0, 0.1) is 17.4 Å². The number of likely N-dealkylation sites (tertiary alicyclic amines) is 1. The second-order valence-corrected chi connectivity index (χ2v) is 4.84. The van der Waals surface area contributed by atoms with Gasteiger partial charge in [-0.25, -0.2) is 9.69 Å². The van der Waals surface area contributed by atoms with Gasteiger partial charge >= 0.3 is 6.03 Å². The Morgan fingerprint density at radius 1 is 1.38 bits per heavy atom. The number of rotatable bonds is 1. The van der Waals surface area contributed by atoms with Crippen molar-refractivity contribution in [2.24, 2.45) is 5.92 Å². The molecule has 5 heteroatoms. The third-order valence-corrected chi connectivity index (χ3v) is 3.73. The van der Waals surface area contributed by atoms with Crippen LogP contribution in [0.1, 0.15) is 12.8 Å². The van der Waals surface area contributed by atoms with Crippen LogP contribution in [0.25, 0.3) is 0 Å². The summed E-state index contributed by atoms with van der Waals surface area (Å²) >= 11 is 0. The van der Waals surface area contributed by atoms with Crippen molar-refractivity contribution < 1.29 is 4.79 Å². The van der Waals surface area contributed by atoms with Gasteiger partial charge in [0, 0.05) is 13.6 Å². The molecule has 0 aliphatic carbocycles. The summed E-state index contributed by atoms with van der Waals surface area (Å²) in [6.45, 7) is 2.73. The Morgan fingerprint density at radius 3 is 2.69 bits per heavy atom. The molecule has 0 saturated carbocycles. The minimum absolute atomic E-state index is 0.152. The van der Waals surface area contributed by atoms with Crippen molar-refractivity contribution in [3.05, 3.63) is 0 Å². The van der Waals surface area contributed by atoms with Gasteiger partial charge in [-0.05, 0) is 32.4 Å². The van der Waals surface area contributed by atoms with Crippen LogP contribution in [0.4, 0.5) is 4.79 Å². The predicted octanol–water partition coefficient (Wildman–Crippen LogP) is 0.545. The van der Waals surface area contributed by atoms with E-state index in [1.54, 1.807) is 11.9 Å². The normalized spacial score (nSPS) is 31.9. The fourth-order valence-corrected chi connectivity index (χ4v) is 2.79. The lowest BCUT2D eigenvalue weighted by molar-refractivity contribution is 0.141. The summed E-state index contributed by atoms with van der Waals surface area (Å²) < 4.78 is 0. The van der Waals surface area contributed by atoms with E-state index in [0.29, 0.717) is 12.5 Å². The van der Waals surface area contributed by atoms with Gasteiger partial charge in [-0.3, -0.25) is 0 Å². The zero-order valence-electron chi connectivity index (χ0n) is 9.89. The molecule has 0 bridgehead atoms. The number of carbonyl (C=O) groups excluding carboxylic acids is 1. The van der Waals surface area contributed by atoms with E-state index >= 15 is 0 Å². The number of urea groups is 1. The second kappa shape index (κ2) is 4.30. The molecule has 88 valence electrons. The van der Waals surface area contributed by atoms with Crippen LogP contribution in [0.3, 0.4) is 0 Å². The number of nitrogens with zero attached hydrogens (tertiary/aromatic N) is 4. The zero-order valence-corrected chi connectivity index (χ0v) is 9.89. The molecule has 16 heavy (non-hydrogen) atoms. The van der Waals surface area contributed by atoms with E-state index in [-0.39, 0.29) is 12.1 Å². The van der Waals surface area contributed by atoms with Crippen LogP contribution in [-0.4, -0.2) is 60.5 Å².